The van der Waals surface area contributed by atoms with Crippen LogP contribution >= 0.6 is 0 Å². The van der Waals surface area contributed by atoms with Gasteiger partial charge in [-0.2, -0.15) is 0 Å². The highest BCUT2D eigenvalue weighted by Crippen LogP contribution is 2.25. The lowest BCUT2D eigenvalue weighted by Gasteiger charge is -2.21. The first-order chi connectivity index (χ1) is 9.64. The first kappa shape index (κ1) is 16.5. The summed E-state index contributed by atoms with van der Waals surface area (Å²) < 4.78 is 18.2. The predicted molar refractivity (Wildman–Crippen MR) is 71.2 cm³/mol. The van der Waals surface area contributed by atoms with Crippen LogP contribution in [-0.4, -0.2) is 22.9 Å². The van der Waals surface area contributed by atoms with E-state index in [2.05, 4.69) is 5.32 Å². The van der Waals surface area contributed by atoms with Crippen molar-refractivity contribution in [3.05, 3.63) is 39.7 Å². The van der Waals surface area contributed by atoms with Crippen LogP contribution in [0.3, 0.4) is 0 Å². The average molecular weight is 298 g/mol. The van der Waals surface area contributed by atoms with E-state index in [1.54, 1.807) is 20.8 Å². The SMILES string of the molecule is CC(C)(C)OC(=O)NC(C=O)c1cc(F)ccc1[N+](=O)[O-]. The van der Waals surface area contributed by atoms with E-state index >= 15 is 0 Å². The van der Waals surface area contributed by atoms with E-state index in [1.807, 2.05) is 0 Å². The molecular formula is C13H15FN2O5. The van der Waals surface area contributed by atoms with Gasteiger partial charge in [-0.3, -0.25) is 10.1 Å². The molecule has 1 atom stereocenters. The van der Waals surface area contributed by atoms with Crippen LogP contribution in [0.25, 0.3) is 0 Å². The number of nitro benzene ring substituents is 1. The van der Waals surface area contributed by atoms with E-state index in [1.165, 1.54) is 0 Å². The lowest BCUT2D eigenvalue weighted by molar-refractivity contribution is -0.385. The van der Waals surface area contributed by atoms with Crippen molar-refractivity contribution in [3.63, 3.8) is 0 Å². The number of benzene rings is 1. The molecule has 114 valence electrons. The second-order valence-corrected chi connectivity index (χ2v) is 5.22. The van der Waals surface area contributed by atoms with Crippen LogP contribution in [0.1, 0.15) is 32.4 Å². The number of nitro groups is 1. The standard InChI is InChI=1S/C13H15FN2O5/c1-13(2,3)21-12(18)15-10(7-17)9-6-8(14)4-5-11(9)16(19)20/h4-7,10H,1-3H3,(H,15,18). The number of hydrogen-bond acceptors (Lipinski definition) is 5. The molecule has 0 heterocycles. The number of ether oxygens (including phenoxy) is 1. The lowest BCUT2D eigenvalue weighted by Crippen LogP contribution is -2.35. The Hall–Kier alpha value is -2.51. The van der Waals surface area contributed by atoms with Gasteiger partial charge in [0.2, 0.25) is 0 Å². The first-order valence-electron chi connectivity index (χ1n) is 6.02. The Morgan fingerprint density at radius 2 is 2.10 bits per heavy atom. The minimum atomic E-state index is -1.38. The van der Waals surface area contributed by atoms with E-state index in [4.69, 9.17) is 4.74 Å². The number of carbonyl (C=O) groups excluding carboxylic acids is 2. The molecule has 0 radical (unpaired) electrons. The fraction of sp³-hybridized carbons (Fsp3) is 0.385. The lowest BCUT2D eigenvalue weighted by atomic mass is 10.1. The topological polar surface area (TPSA) is 98.5 Å². The van der Waals surface area contributed by atoms with Gasteiger partial charge in [-0.05, 0) is 32.9 Å². The van der Waals surface area contributed by atoms with Crippen molar-refractivity contribution in [2.24, 2.45) is 0 Å². The van der Waals surface area contributed by atoms with E-state index in [9.17, 15) is 24.1 Å². The molecule has 8 heteroatoms. The molecule has 7 nitrogen and oxygen atoms in total. The van der Waals surface area contributed by atoms with Crippen molar-refractivity contribution in [1.82, 2.24) is 5.32 Å². The van der Waals surface area contributed by atoms with Crippen molar-refractivity contribution in [3.8, 4) is 0 Å². The zero-order valence-electron chi connectivity index (χ0n) is 11.8. The van der Waals surface area contributed by atoms with Gasteiger partial charge in [-0.1, -0.05) is 0 Å². The molecule has 1 N–H and O–H groups in total. The van der Waals surface area contributed by atoms with Crippen LogP contribution in [0.2, 0.25) is 0 Å². The summed E-state index contributed by atoms with van der Waals surface area (Å²) in [4.78, 5) is 32.8. The van der Waals surface area contributed by atoms with Crippen LogP contribution < -0.4 is 5.32 Å². The van der Waals surface area contributed by atoms with Gasteiger partial charge in [0, 0.05) is 6.07 Å². The van der Waals surface area contributed by atoms with Crippen LogP contribution in [0.15, 0.2) is 18.2 Å². The largest absolute Gasteiger partial charge is 0.444 e. The number of rotatable bonds is 4. The molecule has 0 aliphatic carbocycles. The third-order valence-electron chi connectivity index (χ3n) is 2.33. The zero-order chi connectivity index (χ0) is 16.2. The fourth-order valence-electron chi connectivity index (χ4n) is 1.56. The number of nitrogens with zero attached hydrogens (tertiary/aromatic N) is 1. The van der Waals surface area contributed by atoms with Crippen LogP contribution in [0, 0.1) is 15.9 Å². The maximum atomic E-state index is 13.2. The van der Waals surface area contributed by atoms with Gasteiger partial charge in [0.1, 0.15) is 23.7 Å². The third-order valence-corrected chi connectivity index (χ3v) is 2.33. The van der Waals surface area contributed by atoms with Gasteiger partial charge in [0.25, 0.3) is 5.69 Å². The Bertz CT molecular complexity index is 568. The maximum Gasteiger partial charge on any atom is 0.408 e. The fourth-order valence-corrected chi connectivity index (χ4v) is 1.56. The molecule has 0 aromatic heterocycles. The Labute approximate surface area is 120 Å². The number of alkyl carbamates (subject to hydrolysis) is 1. The van der Waals surface area contributed by atoms with Crippen LogP contribution in [0.4, 0.5) is 14.9 Å². The smallest absolute Gasteiger partial charge is 0.408 e. The van der Waals surface area contributed by atoms with Gasteiger partial charge in [-0.25, -0.2) is 9.18 Å². The summed E-state index contributed by atoms with van der Waals surface area (Å²) in [5, 5.41) is 13.1. The summed E-state index contributed by atoms with van der Waals surface area (Å²) in [5.74, 6) is -0.756. The number of halogens is 1. The molecule has 0 bridgehead atoms. The summed E-state index contributed by atoms with van der Waals surface area (Å²) in [5.41, 5.74) is -1.52. The molecule has 0 spiro atoms. The summed E-state index contributed by atoms with van der Waals surface area (Å²) in [6.45, 7) is 4.85. The summed E-state index contributed by atoms with van der Waals surface area (Å²) >= 11 is 0. The predicted octanol–water partition coefficient (Wildman–Crippen LogP) is 2.50. The molecule has 1 amide bonds. The molecule has 0 aliphatic heterocycles. The van der Waals surface area contributed by atoms with E-state index < -0.39 is 34.2 Å². The van der Waals surface area contributed by atoms with Crippen molar-refractivity contribution >= 4 is 18.1 Å². The second-order valence-electron chi connectivity index (χ2n) is 5.22. The quantitative estimate of drug-likeness (QED) is 0.523. The minimum absolute atomic E-state index is 0.249. The van der Waals surface area contributed by atoms with E-state index in [-0.39, 0.29) is 11.8 Å². The van der Waals surface area contributed by atoms with E-state index in [0.717, 1.165) is 18.2 Å². The van der Waals surface area contributed by atoms with Crippen molar-refractivity contribution in [2.75, 3.05) is 0 Å². The number of nitrogens with one attached hydrogen (secondary N) is 1. The maximum absolute atomic E-state index is 13.2. The van der Waals surface area contributed by atoms with Crippen LogP contribution in [0.5, 0.6) is 0 Å². The second kappa shape index (κ2) is 6.29. The summed E-state index contributed by atoms with van der Waals surface area (Å²) in [6, 6.07) is 1.28. The molecule has 1 aromatic rings. The molecule has 21 heavy (non-hydrogen) atoms. The molecule has 0 saturated heterocycles. The normalized spacial score (nSPS) is 12.4. The summed E-state index contributed by atoms with van der Waals surface area (Å²) in [6.07, 6.45) is -0.663. The minimum Gasteiger partial charge on any atom is -0.444 e. The number of carbonyl (C=O) groups is 2. The molecule has 0 aliphatic rings. The molecule has 0 fully saturated rings. The van der Waals surface area contributed by atoms with E-state index in [0.29, 0.717) is 0 Å². The molecule has 1 rings (SSSR count). The number of aldehydes is 1. The van der Waals surface area contributed by atoms with Crippen molar-refractivity contribution < 1.29 is 23.6 Å². The molecule has 1 aromatic carbocycles. The highest BCUT2D eigenvalue weighted by atomic mass is 19.1. The number of amides is 1. The third kappa shape index (κ3) is 4.83. The molecular weight excluding hydrogens is 283 g/mol. The first-order valence-corrected chi connectivity index (χ1v) is 6.02. The van der Waals surface area contributed by atoms with Gasteiger partial charge < -0.3 is 14.8 Å². The van der Waals surface area contributed by atoms with Gasteiger partial charge in [0.05, 0.1) is 10.5 Å². The average Bonchev–Trinajstić information content (AvgIpc) is 2.33. The van der Waals surface area contributed by atoms with Gasteiger partial charge >= 0.3 is 6.09 Å². The molecule has 1 unspecified atom stereocenters. The Kier molecular flexibility index (Phi) is 4.96. The van der Waals surface area contributed by atoms with Crippen molar-refractivity contribution in [2.45, 2.75) is 32.4 Å². The summed E-state index contributed by atoms with van der Waals surface area (Å²) in [7, 11) is 0. The van der Waals surface area contributed by atoms with Gasteiger partial charge in [0.15, 0.2) is 0 Å². The van der Waals surface area contributed by atoms with Crippen molar-refractivity contribution in [1.29, 1.82) is 0 Å². The zero-order valence-corrected chi connectivity index (χ0v) is 11.8. The monoisotopic (exact) mass is 298 g/mol. The van der Waals surface area contributed by atoms with Crippen LogP contribution in [-0.2, 0) is 9.53 Å². The van der Waals surface area contributed by atoms with Gasteiger partial charge in [-0.15, -0.1) is 0 Å². The Morgan fingerprint density at radius 1 is 1.48 bits per heavy atom. The highest BCUT2D eigenvalue weighted by Gasteiger charge is 2.26. The molecule has 0 saturated carbocycles. The Morgan fingerprint density at radius 3 is 2.57 bits per heavy atom. The number of hydrogen-bond donors (Lipinski definition) is 1. The highest BCUT2D eigenvalue weighted by molar-refractivity contribution is 5.76. The Balaban J connectivity index is 3.05.